The SMILES string of the molecule is O=C1COCC2(CCNCC2)N1c1ccc(C(F)(F)F)cc1. The van der Waals surface area contributed by atoms with Crippen molar-refractivity contribution in [1.82, 2.24) is 5.32 Å². The Kier molecular flexibility index (Phi) is 3.86. The number of piperidine rings is 1. The standard InChI is InChI=1S/C15H17F3N2O2/c16-15(17,18)11-1-3-12(4-2-11)20-13(21)9-22-10-14(20)5-7-19-8-6-14/h1-4,19H,5-10H2. The second-order valence-electron chi connectivity index (χ2n) is 5.74. The average molecular weight is 314 g/mol. The van der Waals surface area contributed by atoms with E-state index in [1.54, 1.807) is 4.90 Å². The van der Waals surface area contributed by atoms with Crippen molar-refractivity contribution >= 4 is 11.6 Å². The summed E-state index contributed by atoms with van der Waals surface area (Å²) >= 11 is 0. The summed E-state index contributed by atoms with van der Waals surface area (Å²) in [6.45, 7) is 1.90. The Morgan fingerprint density at radius 2 is 1.77 bits per heavy atom. The van der Waals surface area contributed by atoms with Gasteiger partial charge in [0, 0.05) is 5.69 Å². The molecule has 0 aromatic heterocycles. The van der Waals surface area contributed by atoms with Gasteiger partial charge in [0.2, 0.25) is 0 Å². The summed E-state index contributed by atoms with van der Waals surface area (Å²) in [6.07, 6.45) is -2.93. The number of rotatable bonds is 1. The topological polar surface area (TPSA) is 41.6 Å². The number of morpholine rings is 1. The van der Waals surface area contributed by atoms with E-state index < -0.39 is 17.3 Å². The van der Waals surface area contributed by atoms with Gasteiger partial charge in [-0.15, -0.1) is 0 Å². The van der Waals surface area contributed by atoms with Gasteiger partial charge in [-0.3, -0.25) is 4.79 Å². The number of ether oxygens (including phenoxy) is 1. The molecule has 1 aromatic rings. The number of alkyl halides is 3. The molecule has 0 atom stereocenters. The number of halogens is 3. The summed E-state index contributed by atoms with van der Waals surface area (Å²) in [5.41, 5.74) is -0.667. The monoisotopic (exact) mass is 314 g/mol. The molecule has 7 heteroatoms. The Morgan fingerprint density at radius 1 is 1.14 bits per heavy atom. The van der Waals surface area contributed by atoms with E-state index in [1.807, 2.05) is 0 Å². The molecule has 1 spiro atoms. The third kappa shape index (κ3) is 2.70. The zero-order chi connectivity index (χ0) is 15.8. The van der Waals surface area contributed by atoms with Gasteiger partial charge in [0.15, 0.2) is 0 Å². The molecule has 2 aliphatic rings. The van der Waals surface area contributed by atoms with Crippen molar-refractivity contribution in [2.75, 3.05) is 31.2 Å². The summed E-state index contributed by atoms with van der Waals surface area (Å²) < 4.78 is 43.4. The molecule has 2 aliphatic heterocycles. The number of benzene rings is 1. The fourth-order valence-corrected chi connectivity index (χ4v) is 3.20. The molecule has 120 valence electrons. The summed E-state index contributed by atoms with van der Waals surface area (Å²) in [5.74, 6) is -0.201. The number of anilines is 1. The van der Waals surface area contributed by atoms with Crippen LogP contribution in [0.25, 0.3) is 0 Å². The van der Waals surface area contributed by atoms with Crippen molar-refractivity contribution in [3.63, 3.8) is 0 Å². The van der Waals surface area contributed by atoms with Crippen LogP contribution >= 0.6 is 0 Å². The maximum Gasteiger partial charge on any atom is 0.416 e. The zero-order valence-electron chi connectivity index (χ0n) is 11.9. The van der Waals surface area contributed by atoms with Crippen molar-refractivity contribution in [2.24, 2.45) is 0 Å². The van der Waals surface area contributed by atoms with Crippen LogP contribution in [-0.4, -0.2) is 37.7 Å². The van der Waals surface area contributed by atoms with Crippen LogP contribution in [0.3, 0.4) is 0 Å². The molecule has 0 saturated carbocycles. The highest BCUT2D eigenvalue weighted by Crippen LogP contribution is 2.36. The maximum absolute atomic E-state index is 12.7. The van der Waals surface area contributed by atoms with Crippen molar-refractivity contribution in [2.45, 2.75) is 24.6 Å². The minimum atomic E-state index is -4.38. The van der Waals surface area contributed by atoms with Gasteiger partial charge in [-0.25, -0.2) is 0 Å². The molecular formula is C15H17F3N2O2. The van der Waals surface area contributed by atoms with Gasteiger partial charge >= 0.3 is 6.18 Å². The highest BCUT2D eigenvalue weighted by molar-refractivity contribution is 5.96. The molecule has 4 nitrogen and oxygen atoms in total. The third-order valence-electron chi connectivity index (χ3n) is 4.31. The lowest BCUT2D eigenvalue weighted by molar-refractivity contribution is -0.137. The first kappa shape index (κ1) is 15.3. The van der Waals surface area contributed by atoms with E-state index in [0.717, 1.165) is 38.1 Å². The van der Waals surface area contributed by atoms with E-state index in [4.69, 9.17) is 4.74 Å². The molecule has 1 amide bonds. The fraction of sp³-hybridized carbons (Fsp3) is 0.533. The lowest BCUT2D eigenvalue weighted by Gasteiger charge is -2.49. The number of carbonyl (C=O) groups excluding carboxylic acids is 1. The van der Waals surface area contributed by atoms with E-state index in [-0.39, 0.29) is 12.5 Å². The van der Waals surface area contributed by atoms with Crippen molar-refractivity contribution in [3.8, 4) is 0 Å². The van der Waals surface area contributed by atoms with E-state index in [9.17, 15) is 18.0 Å². The molecule has 1 aromatic carbocycles. The Bertz CT molecular complexity index is 545. The fourth-order valence-electron chi connectivity index (χ4n) is 3.20. The van der Waals surface area contributed by atoms with Gasteiger partial charge in [-0.05, 0) is 50.2 Å². The molecule has 3 rings (SSSR count). The van der Waals surface area contributed by atoms with Crippen molar-refractivity contribution in [3.05, 3.63) is 29.8 Å². The van der Waals surface area contributed by atoms with Crippen LogP contribution in [0.15, 0.2) is 24.3 Å². The quantitative estimate of drug-likeness (QED) is 0.864. The van der Waals surface area contributed by atoms with E-state index in [0.29, 0.717) is 12.3 Å². The Balaban J connectivity index is 1.94. The molecule has 2 fully saturated rings. The first-order valence-corrected chi connectivity index (χ1v) is 7.21. The summed E-state index contributed by atoms with van der Waals surface area (Å²) in [7, 11) is 0. The third-order valence-corrected chi connectivity index (χ3v) is 4.31. The largest absolute Gasteiger partial charge is 0.416 e. The number of hydrogen-bond donors (Lipinski definition) is 1. The molecule has 0 unspecified atom stereocenters. The van der Waals surface area contributed by atoms with Gasteiger partial charge in [0.05, 0.1) is 17.7 Å². The Labute approximate surface area is 126 Å². The normalized spacial score (nSPS) is 22.1. The zero-order valence-corrected chi connectivity index (χ0v) is 11.9. The summed E-state index contributed by atoms with van der Waals surface area (Å²) in [5, 5.41) is 3.23. The molecule has 0 radical (unpaired) electrons. The number of nitrogens with zero attached hydrogens (tertiary/aromatic N) is 1. The molecule has 0 aliphatic carbocycles. The lowest BCUT2D eigenvalue weighted by atomic mass is 9.85. The van der Waals surface area contributed by atoms with Crippen LogP contribution < -0.4 is 10.2 Å². The van der Waals surface area contributed by atoms with Crippen LogP contribution in [0.4, 0.5) is 18.9 Å². The minimum Gasteiger partial charge on any atom is -0.369 e. The van der Waals surface area contributed by atoms with E-state index >= 15 is 0 Å². The van der Waals surface area contributed by atoms with Gasteiger partial charge < -0.3 is 15.0 Å². The van der Waals surface area contributed by atoms with Crippen molar-refractivity contribution in [1.29, 1.82) is 0 Å². The molecule has 22 heavy (non-hydrogen) atoms. The Morgan fingerprint density at radius 3 is 2.36 bits per heavy atom. The second-order valence-corrected chi connectivity index (χ2v) is 5.74. The number of hydrogen-bond acceptors (Lipinski definition) is 3. The molecule has 0 bridgehead atoms. The van der Waals surface area contributed by atoms with E-state index in [1.165, 1.54) is 12.1 Å². The van der Waals surface area contributed by atoms with Gasteiger partial charge in [-0.1, -0.05) is 0 Å². The van der Waals surface area contributed by atoms with Crippen LogP contribution in [0, 0.1) is 0 Å². The molecular weight excluding hydrogens is 297 g/mol. The predicted molar refractivity (Wildman–Crippen MR) is 74.6 cm³/mol. The lowest BCUT2D eigenvalue weighted by Crippen LogP contribution is -2.63. The van der Waals surface area contributed by atoms with Gasteiger partial charge in [0.1, 0.15) is 6.61 Å². The van der Waals surface area contributed by atoms with Crippen LogP contribution in [0.2, 0.25) is 0 Å². The maximum atomic E-state index is 12.7. The van der Waals surface area contributed by atoms with Crippen LogP contribution in [0.5, 0.6) is 0 Å². The van der Waals surface area contributed by atoms with Crippen LogP contribution in [-0.2, 0) is 15.7 Å². The van der Waals surface area contributed by atoms with Crippen molar-refractivity contribution < 1.29 is 22.7 Å². The minimum absolute atomic E-state index is 0.0315. The van der Waals surface area contributed by atoms with E-state index in [2.05, 4.69) is 5.32 Å². The highest BCUT2D eigenvalue weighted by atomic mass is 19.4. The van der Waals surface area contributed by atoms with Crippen LogP contribution in [0.1, 0.15) is 18.4 Å². The summed E-state index contributed by atoms with van der Waals surface area (Å²) in [4.78, 5) is 13.9. The number of carbonyl (C=O) groups is 1. The number of nitrogens with one attached hydrogen (secondary N) is 1. The second kappa shape index (κ2) is 5.55. The first-order valence-electron chi connectivity index (χ1n) is 7.21. The predicted octanol–water partition coefficient (Wildman–Crippen LogP) is 2.19. The molecule has 1 N–H and O–H groups in total. The molecule has 2 saturated heterocycles. The van der Waals surface area contributed by atoms with Gasteiger partial charge in [-0.2, -0.15) is 13.2 Å². The highest BCUT2D eigenvalue weighted by Gasteiger charge is 2.45. The average Bonchev–Trinajstić information content (AvgIpc) is 2.47. The smallest absolute Gasteiger partial charge is 0.369 e. The molecule has 2 heterocycles. The number of amides is 1. The first-order chi connectivity index (χ1) is 10.4. The Hall–Kier alpha value is -1.60. The summed E-state index contributed by atoms with van der Waals surface area (Å²) in [6, 6.07) is 4.78. The van der Waals surface area contributed by atoms with Gasteiger partial charge in [0.25, 0.3) is 5.91 Å².